The van der Waals surface area contributed by atoms with E-state index in [1.54, 1.807) is 0 Å². The number of tetrazole rings is 1. The van der Waals surface area contributed by atoms with Gasteiger partial charge in [-0.2, -0.15) is 0 Å². The van der Waals surface area contributed by atoms with Crippen molar-refractivity contribution >= 4 is 17.5 Å². The number of nitrogens with zero attached hydrogens (tertiary/aromatic N) is 6. The molecule has 0 aliphatic heterocycles. The molecule has 3 aromatic rings. The fourth-order valence-corrected chi connectivity index (χ4v) is 3.72. The van der Waals surface area contributed by atoms with Crippen LogP contribution in [0.1, 0.15) is 46.4 Å². The first-order chi connectivity index (χ1) is 12.0. The molecule has 1 aliphatic rings. The molecule has 9 heteroatoms. The molecule has 1 saturated carbocycles. The average Bonchev–Trinajstić information content (AvgIpc) is 3.03. The predicted molar refractivity (Wildman–Crippen MR) is 91.2 cm³/mol. The Morgan fingerprint density at radius 1 is 1.32 bits per heavy atom. The van der Waals surface area contributed by atoms with Crippen LogP contribution < -0.4 is 0 Å². The SMILES string of the molecule is Cc1cc(-n2c(C)cc(C(=O)CSc3nnnn3C3CC3)c2C)no1. The summed E-state index contributed by atoms with van der Waals surface area (Å²) in [6.45, 7) is 5.72. The lowest BCUT2D eigenvalue weighted by Crippen LogP contribution is -2.07. The molecular weight excluding hydrogens is 340 g/mol. The Morgan fingerprint density at radius 2 is 2.12 bits per heavy atom. The van der Waals surface area contributed by atoms with Gasteiger partial charge in [-0.15, -0.1) is 5.10 Å². The molecule has 130 valence electrons. The highest BCUT2D eigenvalue weighted by Gasteiger charge is 2.28. The standard InChI is InChI=1S/C16H18N6O2S/c1-9-6-13(11(3)21(9)15-7-10(2)24-18-15)14(23)8-25-16-17-19-20-22(16)12-4-5-12/h6-7,12H,4-5,8H2,1-3H3. The number of Topliss-reactive ketones (excluding diaryl/α,β-unsaturated/α-hetero) is 1. The van der Waals surface area contributed by atoms with Crippen LogP contribution in [0.2, 0.25) is 0 Å². The summed E-state index contributed by atoms with van der Waals surface area (Å²) in [5.74, 6) is 1.78. The second kappa shape index (κ2) is 6.14. The zero-order chi connectivity index (χ0) is 17.6. The highest BCUT2D eigenvalue weighted by molar-refractivity contribution is 7.99. The minimum Gasteiger partial charge on any atom is -0.360 e. The van der Waals surface area contributed by atoms with Crippen LogP contribution in [0.4, 0.5) is 0 Å². The molecule has 0 aromatic carbocycles. The number of rotatable bonds is 6. The topological polar surface area (TPSA) is 91.6 Å². The summed E-state index contributed by atoms with van der Waals surface area (Å²) in [5, 5.41) is 16.5. The van der Waals surface area contributed by atoms with Crippen molar-refractivity contribution in [3.05, 3.63) is 34.8 Å². The number of carbonyl (C=O) groups excluding carboxylic acids is 1. The monoisotopic (exact) mass is 358 g/mol. The number of aryl methyl sites for hydroxylation is 2. The van der Waals surface area contributed by atoms with Gasteiger partial charge in [-0.3, -0.25) is 9.36 Å². The summed E-state index contributed by atoms with van der Waals surface area (Å²) in [6.07, 6.45) is 2.20. The highest BCUT2D eigenvalue weighted by atomic mass is 32.2. The molecule has 0 bridgehead atoms. The molecule has 3 aromatic heterocycles. The summed E-state index contributed by atoms with van der Waals surface area (Å²) in [4.78, 5) is 12.7. The van der Waals surface area contributed by atoms with Gasteiger partial charge >= 0.3 is 0 Å². The number of carbonyl (C=O) groups is 1. The van der Waals surface area contributed by atoms with Gasteiger partial charge in [0.15, 0.2) is 11.6 Å². The third kappa shape index (κ3) is 2.99. The molecule has 1 fully saturated rings. The van der Waals surface area contributed by atoms with Gasteiger partial charge in [0.25, 0.3) is 0 Å². The minimum atomic E-state index is 0.0508. The molecule has 0 amide bonds. The smallest absolute Gasteiger partial charge is 0.210 e. The lowest BCUT2D eigenvalue weighted by Gasteiger charge is -2.05. The summed E-state index contributed by atoms with van der Waals surface area (Å²) < 4.78 is 8.90. The second-order valence-electron chi connectivity index (χ2n) is 6.27. The van der Waals surface area contributed by atoms with Gasteiger partial charge in [-0.1, -0.05) is 16.9 Å². The molecule has 0 atom stereocenters. The number of ketones is 1. The maximum Gasteiger partial charge on any atom is 0.210 e. The van der Waals surface area contributed by atoms with E-state index in [-0.39, 0.29) is 5.78 Å². The number of hydrogen-bond acceptors (Lipinski definition) is 7. The van der Waals surface area contributed by atoms with Gasteiger partial charge in [0.2, 0.25) is 5.16 Å². The van der Waals surface area contributed by atoms with Crippen LogP contribution in [-0.4, -0.2) is 41.5 Å². The highest BCUT2D eigenvalue weighted by Crippen LogP contribution is 2.36. The third-order valence-corrected chi connectivity index (χ3v) is 5.20. The van der Waals surface area contributed by atoms with E-state index >= 15 is 0 Å². The Labute approximate surface area is 148 Å². The van der Waals surface area contributed by atoms with Crippen molar-refractivity contribution in [1.29, 1.82) is 0 Å². The summed E-state index contributed by atoms with van der Waals surface area (Å²) in [6, 6.07) is 4.15. The molecule has 25 heavy (non-hydrogen) atoms. The fraction of sp³-hybridized carbons (Fsp3) is 0.438. The molecule has 1 aliphatic carbocycles. The maximum atomic E-state index is 12.7. The van der Waals surface area contributed by atoms with E-state index in [9.17, 15) is 4.79 Å². The van der Waals surface area contributed by atoms with Crippen molar-refractivity contribution < 1.29 is 9.32 Å². The van der Waals surface area contributed by atoms with Crippen molar-refractivity contribution in [2.75, 3.05) is 5.75 Å². The molecule has 0 N–H and O–H groups in total. The number of aromatic nitrogens is 6. The van der Waals surface area contributed by atoms with Crippen LogP contribution in [0.15, 0.2) is 21.8 Å². The molecule has 0 radical (unpaired) electrons. The van der Waals surface area contributed by atoms with Gasteiger partial charge in [-0.25, -0.2) is 4.68 Å². The molecule has 8 nitrogen and oxygen atoms in total. The Balaban J connectivity index is 1.53. The fourth-order valence-electron chi connectivity index (χ4n) is 2.89. The maximum absolute atomic E-state index is 12.7. The van der Waals surface area contributed by atoms with Crippen molar-refractivity contribution in [3.63, 3.8) is 0 Å². The normalized spacial score (nSPS) is 14.2. The van der Waals surface area contributed by atoms with Crippen LogP contribution in [0, 0.1) is 20.8 Å². The second-order valence-corrected chi connectivity index (χ2v) is 7.21. The Morgan fingerprint density at radius 3 is 2.80 bits per heavy atom. The van der Waals surface area contributed by atoms with Crippen molar-refractivity contribution in [2.24, 2.45) is 0 Å². The van der Waals surface area contributed by atoms with E-state index in [2.05, 4.69) is 20.7 Å². The molecule has 4 rings (SSSR count). The summed E-state index contributed by atoms with van der Waals surface area (Å²) >= 11 is 1.38. The van der Waals surface area contributed by atoms with Gasteiger partial charge in [0.1, 0.15) is 5.76 Å². The van der Waals surface area contributed by atoms with E-state index in [1.807, 2.05) is 42.2 Å². The molecule has 0 unspecified atom stereocenters. The van der Waals surface area contributed by atoms with E-state index in [1.165, 1.54) is 11.8 Å². The zero-order valence-electron chi connectivity index (χ0n) is 14.3. The lowest BCUT2D eigenvalue weighted by molar-refractivity contribution is 0.102. The largest absolute Gasteiger partial charge is 0.360 e. The Kier molecular flexibility index (Phi) is 3.95. The quantitative estimate of drug-likeness (QED) is 0.494. The first-order valence-electron chi connectivity index (χ1n) is 8.11. The third-order valence-electron chi connectivity index (χ3n) is 4.26. The molecule has 0 saturated heterocycles. The molecule has 0 spiro atoms. The molecular formula is C16H18N6O2S. The number of hydrogen-bond donors (Lipinski definition) is 0. The van der Waals surface area contributed by atoms with Crippen LogP contribution in [-0.2, 0) is 0 Å². The van der Waals surface area contributed by atoms with Crippen molar-refractivity contribution in [3.8, 4) is 5.82 Å². The minimum absolute atomic E-state index is 0.0508. The van der Waals surface area contributed by atoms with Crippen LogP contribution in [0.5, 0.6) is 0 Å². The van der Waals surface area contributed by atoms with Crippen LogP contribution in [0.3, 0.4) is 0 Å². The average molecular weight is 358 g/mol. The zero-order valence-corrected chi connectivity index (χ0v) is 15.1. The van der Waals surface area contributed by atoms with Crippen molar-refractivity contribution in [1.82, 2.24) is 29.9 Å². The Bertz CT molecular complexity index is 936. The van der Waals surface area contributed by atoms with Crippen LogP contribution >= 0.6 is 11.8 Å². The summed E-state index contributed by atoms with van der Waals surface area (Å²) in [7, 11) is 0. The molecule has 3 heterocycles. The predicted octanol–water partition coefficient (Wildman–Crippen LogP) is 2.69. The lowest BCUT2D eigenvalue weighted by atomic mass is 10.2. The first-order valence-corrected chi connectivity index (χ1v) is 9.09. The number of thioether (sulfide) groups is 1. The van der Waals surface area contributed by atoms with Crippen molar-refractivity contribution in [2.45, 2.75) is 44.8 Å². The van der Waals surface area contributed by atoms with Gasteiger partial charge in [-0.05, 0) is 50.1 Å². The van der Waals surface area contributed by atoms with E-state index < -0.39 is 0 Å². The Hall–Kier alpha value is -2.42. The van der Waals surface area contributed by atoms with Gasteiger partial charge < -0.3 is 4.52 Å². The van der Waals surface area contributed by atoms with E-state index in [0.29, 0.717) is 28.3 Å². The van der Waals surface area contributed by atoms with Gasteiger partial charge in [0.05, 0.1) is 11.8 Å². The first kappa shape index (κ1) is 16.1. The van der Waals surface area contributed by atoms with Gasteiger partial charge in [0, 0.05) is 23.0 Å². The van der Waals surface area contributed by atoms with Crippen LogP contribution in [0.25, 0.3) is 5.82 Å². The summed E-state index contributed by atoms with van der Waals surface area (Å²) in [5.41, 5.74) is 2.50. The van der Waals surface area contributed by atoms with E-state index in [4.69, 9.17) is 4.52 Å². The van der Waals surface area contributed by atoms with E-state index in [0.717, 1.165) is 30.0 Å².